The van der Waals surface area contributed by atoms with Gasteiger partial charge in [0.25, 0.3) is 5.91 Å². The molecule has 0 bridgehead atoms. The van der Waals surface area contributed by atoms with Gasteiger partial charge in [0, 0.05) is 12.1 Å². The summed E-state index contributed by atoms with van der Waals surface area (Å²) in [6.07, 6.45) is 0. The van der Waals surface area contributed by atoms with Crippen LogP contribution in [0.4, 0.5) is 0 Å². The molecule has 0 aromatic heterocycles. The maximum atomic E-state index is 11.5. The van der Waals surface area contributed by atoms with Crippen LogP contribution in [0.3, 0.4) is 0 Å². The standard InChI is InChI=1S/C14H22N2O2/c1-10-5-11(2)7-12(6-10)18-8-13(17)16-9-14(3,4)15/h5-7H,8-9,15H2,1-4H3,(H,16,17). The second-order valence-electron chi connectivity index (χ2n) is 5.38. The highest BCUT2D eigenvalue weighted by Gasteiger charge is 2.12. The number of carbonyl (C=O) groups excluding carboxylic acids is 1. The molecule has 0 saturated carbocycles. The minimum absolute atomic E-state index is 0.0129. The Hall–Kier alpha value is -1.55. The quantitative estimate of drug-likeness (QED) is 0.833. The maximum absolute atomic E-state index is 11.5. The van der Waals surface area contributed by atoms with Gasteiger partial charge in [-0.3, -0.25) is 4.79 Å². The fourth-order valence-corrected chi connectivity index (χ4v) is 1.54. The van der Waals surface area contributed by atoms with Gasteiger partial charge in [0.15, 0.2) is 6.61 Å². The highest BCUT2D eigenvalue weighted by molar-refractivity contribution is 5.77. The van der Waals surface area contributed by atoms with E-state index in [0.29, 0.717) is 6.54 Å². The first-order valence-corrected chi connectivity index (χ1v) is 6.03. The van der Waals surface area contributed by atoms with Gasteiger partial charge in [-0.25, -0.2) is 0 Å². The average Bonchev–Trinajstić information content (AvgIpc) is 2.21. The summed E-state index contributed by atoms with van der Waals surface area (Å²) in [6, 6.07) is 5.88. The van der Waals surface area contributed by atoms with Gasteiger partial charge in [-0.15, -0.1) is 0 Å². The van der Waals surface area contributed by atoms with Crippen LogP contribution in [0.5, 0.6) is 5.75 Å². The number of hydrogen-bond acceptors (Lipinski definition) is 3. The number of benzene rings is 1. The van der Waals surface area contributed by atoms with E-state index in [1.54, 1.807) is 0 Å². The maximum Gasteiger partial charge on any atom is 0.258 e. The highest BCUT2D eigenvalue weighted by Crippen LogP contribution is 2.15. The highest BCUT2D eigenvalue weighted by atomic mass is 16.5. The Bertz CT molecular complexity index is 402. The van der Waals surface area contributed by atoms with Crippen LogP contribution in [0.25, 0.3) is 0 Å². The SMILES string of the molecule is Cc1cc(C)cc(OCC(=O)NCC(C)(C)N)c1. The number of rotatable bonds is 5. The molecule has 1 aromatic rings. The molecule has 100 valence electrons. The lowest BCUT2D eigenvalue weighted by molar-refractivity contribution is -0.123. The Morgan fingerprint density at radius 3 is 2.33 bits per heavy atom. The summed E-state index contributed by atoms with van der Waals surface area (Å²) in [5.41, 5.74) is 7.61. The second-order valence-corrected chi connectivity index (χ2v) is 5.38. The molecule has 0 fully saturated rings. The summed E-state index contributed by atoms with van der Waals surface area (Å²) in [5.74, 6) is 0.558. The van der Waals surface area contributed by atoms with Crippen molar-refractivity contribution in [3.63, 3.8) is 0 Å². The van der Waals surface area contributed by atoms with E-state index in [9.17, 15) is 4.79 Å². The lowest BCUT2D eigenvalue weighted by Crippen LogP contribution is -2.46. The number of nitrogens with one attached hydrogen (secondary N) is 1. The van der Waals surface area contributed by atoms with Crippen molar-refractivity contribution in [1.82, 2.24) is 5.32 Å². The van der Waals surface area contributed by atoms with Gasteiger partial charge in [-0.05, 0) is 51.0 Å². The molecule has 0 saturated heterocycles. The monoisotopic (exact) mass is 250 g/mol. The third kappa shape index (κ3) is 5.68. The summed E-state index contributed by atoms with van der Waals surface area (Å²) in [6.45, 7) is 8.16. The van der Waals surface area contributed by atoms with E-state index < -0.39 is 5.54 Å². The molecule has 0 atom stereocenters. The molecule has 4 heteroatoms. The molecule has 0 aliphatic rings. The number of aryl methyl sites for hydroxylation is 2. The smallest absolute Gasteiger partial charge is 0.258 e. The fraction of sp³-hybridized carbons (Fsp3) is 0.500. The number of carbonyl (C=O) groups is 1. The van der Waals surface area contributed by atoms with E-state index in [2.05, 4.69) is 11.4 Å². The van der Waals surface area contributed by atoms with Gasteiger partial charge < -0.3 is 15.8 Å². The van der Waals surface area contributed by atoms with Crippen molar-refractivity contribution in [3.8, 4) is 5.75 Å². The largest absolute Gasteiger partial charge is 0.484 e. The van der Waals surface area contributed by atoms with Gasteiger partial charge in [-0.1, -0.05) is 6.07 Å². The summed E-state index contributed by atoms with van der Waals surface area (Å²) < 4.78 is 5.44. The molecule has 4 nitrogen and oxygen atoms in total. The average molecular weight is 250 g/mol. The molecule has 1 aromatic carbocycles. The van der Waals surface area contributed by atoms with Crippen LogP contribution in [0.2, 0.25) is 0 Å². The predicted octanol–water partition coefficient (Wildman–Crippen LogP) is 1.54. The van der Waals surface area contributed by atoms with E-state index >= 15 is 0 Å². The van der Waals surface area contributed by atoms with Gasteiger partial charge in [-0.2, -0.15) is 0 Å². The Morgan fingerprint density at radius 2 is 1.83 bits per heavy atom. The van der Waals surface area contributed by atoms with Crippen molar-refractivity contribution < 1.29 is 9.53 Å². The molecule has 0 spiro atoms. The van der Waals surface area contributed by atoms with Gasteiger partial charge in [0.2, 0.25) is 0 Å². The minimum Gasteiger partial charge on any atom is -0.484 e. The first kappa shape index (κ1) is 14.5. The van der Waals surface area contributed by atoms with Crippen LogP contribution in [-0.2, 0) is 4.79 Å². The van der Waals surface area contributed by atoms with Gasteiger partial charge in [0.05, 0.1) is 0 Å². The molecule has 0 aliphatic heterocycles. The first-order valence-electron chi connectivity index (χ1n) is 6.03. The van der Waals surface area contributed by atoms with Crippen molar-refractivity contribution in [1.29, 1.82) is 0 Å². The number of nitrogens with two attached hydrogens (primary N) is 1. The summed E-state index contributed by atoms with van der Waals surface area (Å²) in [5, 5.41) is 2.73. The number of hydrogen-bond donors (Lipinski definition) is 2. The van der Waals surface area contributed by atoms with Crippen molar-refractivity contribution in [2.75, 3.05) is 13.2 Å². The van der Waals surface area contributed by atoms with Gasteiger partial charge in [0.1, 0.15) is 5.75 Å². The van der Waals surface area contributed by atoms with Crippen LogP contribution >= 0.6 is 0 Å². The third-order valence-corrected chi connectivity index (χ3v) is 2.31. The molecule has 0 unspecified atom stereocenters. The summed E-state index contributed by atoms with van der Waals surface area (Å²) in [7, 11) is 0. The zero-order valence-electron chi connectivity index (χ0n) is 11.5. The summed E-state index contributed by atoms with van der Waals surface area (Å²) >= 11 is 0. The Labute approximate surface area is 109 Å². The van der Waals surface area contributed by atoms with Crippen molar-refractivity contribution in [2.45, 2.75) is 33.2 Å². The van der Waals surface area contributed by atoms with Gasteiger partial charge >= 0.3 is 0 Å². The van der Waals surface area contributed by atoms with Crippen LogP contribution in [-0.4, -0.2) is 24.6 Å². The normalized spacial score (nSPS) is 11.2. The van der Waals surface area contributed by atoms with E-state index in [1.807, 2.05) is 39.8 Å². The Kier molecular flexibility index (Phi) is 4.73. The lowest BCUT2D eigenvalue weighted by atomic mass is 10.1. The minimum atomic E-state index is -0.407. The molecule has 0 radical (unpaired) electrons. The topological polar surface area (TPSA) is 64.3 Å². The number of ether oxygens (including phenoxy) is 1. The van der Waals surface area contributed by atoms with Crippen molar-refractivity contribution in [3.05, 3.63) is 29.3 Å². The van der Waals surface area contributed by atoms with E-state index in [-0.39, 0.29) is 12.5 Å². The fourth-order valence-electron chi connectivity index (χ4n) is 1.54. The first-order chi connectivity index (χ1) is 8.26. The van der Waals surface area contributed by atoms with Crippen LogP contribution < -0.4 is 15.8 Å². The molecule has 1 amide bonds. The molecule has 1 rings (SSSR count). The molecule has 0 heterocycles. The predicted molar refractivity (Wildman–Crippen MR) is 72.7 cm³/mol. The van der Waals surface area contributed by atoms with Crippen LogP contribution in [0.15, 0.2) is 18.2 Å². The Balaban J connectivity index is 2.43. The molecule has 3 N–H and O–H groups in total. The van der Waals surface area contributed by atoms with Crippen molar-refractivity contribution >= 4 is 5.91 Å². The van der Waals surface area contributed by atoms with E-state index in [1.165, 1.54) is 0 Å². The zero-order valence-corrected chi connectivity index (χ0v) is 11.5. The van der Waals surface area contributed by atoms with Crippen LogP contribution in [0.1, 0.15) is 25.0 Å². The molecular weight excluding hydrogens is 228 g/mol. The number of amides is 1. The third-order valence-electron chi connectivity index (χ3n) is 2.31. The zero-order chi connectivity index (χ0) is 13.8. The Morgan fingerprint density at radius 1 is 1.28 bits per heavy atom. The van der Waals surface area contributed by atoms with E-state index in [4.69, 9.17) is 10.5 Å². The molecule has 0 aliphatic carbocycles. The van der Waals surface area contributed by atoms with E-state index in [0.717, 1.165) is 16.9 Å². The molecule has 18 heavy (non-hydrogen) atoms. The van der Waals surface area contributed by atoms with Crippen molar-refractivity contribution in [2.24, 2.45) is 5.73 Å². The van der Waals surface area contributed by atoms with Crippen LogP contribution in [0, 0.1) is 13.8 Å². The molecular formula is C14H22N2O2. The second kappa shape index (κ2) is 5.87. The lowest BCUT2D eigenvalue weighted by Gasteiger charge is -2.18. The summed E-state index contributed by atoms with van der Waals surface area (Å²) in [4.78, 5) is 11.5.